The summed E-state index contributed by atoms with van der Waals surface area (Å²) in [5, 5.41) is 3.37. The fourth-order valence-corrected chi connectivity index (χ4v) is 1.75. The Labute approximate surface area is 95.2 Å². The first-order valence-corrected chi connectivity index (χ1v) is 5.33. The van der Waals surface area contributed by atoms with Crippen LogP contribution in [0.1, 0.15) is 5.56 Å². The Kier molecular flexibility index (Phi) is 3.13. The monoisotopic (exact) mass is 243 g/mol. The van der Waals surface area contributed by atoms with E-state index < -0.39 is 0 Å². The zero-order chi connectivity index (χ0) is 10.7. The number of hydrogen-bond donors (Lipinski definition) is 1. The first kappa shape index (κ1) is 10.3. The van der Waals surface area contributed by atoms with Crippen molar-refractivity contribution in [3.63, 3.8) is 0 Å². The molecule has 1 aromatic heterocycles. The second-order valence-corrected chi connectivity index (χ2v) is 3.77. The Bertz CT molecular complexity index is 443. The summed E-state index contributed by atoms with van der Waals surface area (Å²) in [7, 11) is 0. The molecule has 1 aromatic carbocycles. The molecule has 0 atom stereocenters. The van der Waals surface area contributed by atoms with Crippen molar-refractivity contribution in [1.29, 1.82) is 0 Å². The van der Waals surface area contributed by atoms with E-state index in [1.165, 1.54) is 12.1 Å². The standard InChI is InChI=1S/C9H7ClFN3S/c10-8-9(14-15-13-8)12-5-6-1-3-7(11)4-2-6/h1-4H,5H2,(H,12,14). The van der Waals surface area contributed by atoms with Crippen LogP contribution >= 0.6 is 23.3 Å². The summed E-state index contributed by atoms with van der Waals surface area (Å²) in [6, 6.07) is 6.24. The summed E-state index contributed by atoms with van der Waals surface area (Å²) in [6.07, 6.45) is 0. The molecule has 6 heteroatoms. The molecule has 0 spiro atoms. The van der Waals surface area contributed by atoms with Crippen molar-refractivity contribution < 1.29 is 4.39 Å². The van der Waals surface area contributed by atoms with Crippen molar-refractivity contribution in [3.05, 3.63) is 40.8 Å². The summed E-state index contributed by atoms with van der Waals surface area (Å²) in [5.74, 6) is 0.318. The zero-order valence-electron chi connectivity index (χ0n) is 7.58. The van der Waals surface area contributed by atoms with Gasteiger partial charge in [-0.3, -0.25) is 0 Å². The third-order valence-electron chi connectivity index (χ3n) is 1.82. The highest BCUT2D eigenvalue weighted by Gasteiger charge is 2.03. The first-order valence-electron chi connectivity index (χ1n) is 4.22. The Hall–Kier alpha value is -1.20. The molecule has 2 rings (SSSR count). The lowest BCUT2D eigenvalue weighted by atomic mass is 10.2. The van der Waals surface area contributed by atoms with E-state index in [2.05, 4.69) is 14.1 Å². The van der Waals surface area contributed by atoms with E-state index in [4.69, 9.17) is 11.6 Å². The molecule has 0 fully saturated rings. The molecule has 15 heavy (non-hydrogen) atoms. The van der Waals surface area contributed by atoms with Gasteiger partial charge in [-0.15, -0.1) is 0 Å². The summed E-state index contributed by atoms with van der Waals surface area (Å²) in [4.78, 5) is 0. The molecule has 0 saturated carbocycles. The SMILES string of the molecule is Fc1ccc(CNc2nsnc2Cl)cc1. The van der Waals surface area contributed by atoms with Gasteiger partial charge in [0, 0.05) is 6.54 Å². The summed E-state index contributed by atoms with van der Waals surface area (Å²) < 4.78 is 20.4. The Balaban J connectivity index is 1.99. The van der Waals surface area contributed by atoms with Crippen LogP contribution in [0.2, 0.25) is 5.15 Å². The van der Waals surface area contributed by atoms with Crippen LogP contribution in [0, 0.1) is 5.82 Å². The van der Waals surface area contributed by atoms with Gasteiger partial charge in [0.25, 0.3) is 0 Å². The fourth-order valence-electron chi connectivity index (χ4n) is 1.07. The first-order chi connectivity index (χ1) is 7.25. The van der Waals surface area contributed by atoms with Crippen LogP contribution in [0.15, 0.2) is 24.3 Å². The molecule has 2 aromatic rings. The van der Waals surface area contributed by atoms with Gasteiger partial charge in [0.2, 0.25) is 0 Å². The van der Waals surface area contributed by atoms with Crippen molar-refractivity contribution in [3.8, 4) is 0 Å². The fraction of sp³-hybridized carbons (Fsp3) is 0.111. The average molecular weight is 244 g/mol. The molecule has 3 nitrogen and oxygen atoms in total. The number of benzene rings is 1. The molecular weight excluding hydrogens is 237 g/mol. The Morgan fingerprint density at radius 2 is 2.00 bits per heavy atom. The minimum Gasteiger partial charge on any atom is -0.363 e. The summed E-state index contributed by atoms with van der Waals surface area (Å²) >= 11 is 6.79. The van der Waals surface area contributed by atoms with Crippen LogP contribution in [0.3, 0.4) is 0 Å². The maximum absolute atomic E-state index is 12.6. The van der Waals surface area contributed by atoms with Gasteiger partial charge < -0.3 is 5.32 Å². The maximum atomic E-state index is 12.6. The zero-order valence-corrected chi connectivity index (χ0v) is 9.15. The molecule has 0 radical (unpaired) electrons. The molecule has 0 saturated heterocycles. The van der Waals surface area contributed by atoms with Crippen LogP contribution in [0.4, 0.5) is 10.2 Å². The van der Waals surface area contributed by atoms with Gasteiger partial charge in [0.05, 0.1) is 11.7 Å². The molecule has 0 bridgehead atoms. The number of nitrogens with one attached hydrogen (secondary N) is 1. The van der Waals surface area contributed by atoms with E-state index >= 15 is 0 Å². The lowest BCUT2D eigenvalue weighted by Crippen LogP contribution is -1.99. The predicted molar refractivity (Wildman–Crippen MR) is 58.6 cm³/mol. The van der Waals surface area contributed by atoms with E-state index in [0.29, 0.717) is 17.5 Å². The van der Waals surface area contributed by atoms with Crippen molar-refractivity contribution in [2.45, 2.75) is 6.54 Å². The minimum absolute atomic E-state index is 0.243. The predicted octanol–water partition coefficient (Wildman–Crippen LogP) is 2.94. The van der Waals surface area contributed by atoms with E-state index in [9.17, 15) is 4.39 Å². The van der Waals surface area contributed by atoms with Crippen molar-refractivity contribution in [2.75, 3.05) is 5.32 Å². The molecule has 0 aliphatic heterocycles. The number of anilines is 1. The number of halogens is 2. The largest absolute Gasteiger partial charge is 0.363 e. The Morgan fingerprint density at radius 3 is 2.60 bits per heavy atom. The van der Waals surface area contributed by atoms with E-state index in [0.717, 1.165) is 17.3 Å². The van der Waals surface area contributed by atoms with E-state index in [-0.39, 0.29) is 5.82 Å². The molecule has 0 aliphatic carbocycles. The van der Waals surface area contributed by atoms with Crippen LogP contribution in [-0.4, -0.2) is 8.75 Å². The highest BCUT2D eigenvalue weighted by molar-refractivity contribution is 6.99. The smallest absolute Gasteiger partial charge is 0.186 e. The quantitative estimate of drug-likeness (QED) is 0.901. The topological polar surface area (TPSA) is 37.8 Å². The van der Waals surface area contributed by atoms with Crippen molar-refractivity contribution in [2.24, 2.45) is 0 Å². The normalized spacial score (nSPS) is 10.3. The molecule has 0 aliphatic rings. The van der Waals surface area contributed by atoms with Gasteiger partial charge >= 0.3 is 0 Å². The van der Waals surface area contributed by atoms with Gasteiger partial charge in [-0.2, -0.15) is 8.75 Å². The molecule has 1 N–H and O–H groups in total. The molecular formula is C9H7ClFN3S. The molecule has 0 unspecified atom stereocenters. The van der Waals surface area contributed by atoms with E-state index in [1.54, 1.807) is 12.1 Å². The molecule has 1 heterocycles. The second kappa shape index (κ2) is 4.55. The van der Waals surface area contributed by atoms with Gasteiger partial charge in [0.1, 0.15) is 5.82 Å². The third kappa shape index (κ3) is 2.64. The number of nitrogens with zero attached hydrogens (tertiary/aromatic N) is 2. The lowest BCUT2D eigenvalue weighted by molar-refractivity contribution is 0.627. The maximum Gasteiger partial charge on any atom is 0.186 e. The van der Waals surface area contributed by atoms with Gasteiger partial charge in [-0.05, 0) is 17.7 Å². The second-order valence-electron chi connectivity index (χ2n) is 2.88. The van der Waals surface area contributed by atoms with Crippen LogP contribution < -0.4 is 5.32 Å². The lowest BCUT2D eigenvalue weighted by Gasteiger charge is -2.02. The highest BCUT2D eigenvalue weighted by atomic mass is 35.5. The molecule has 78 valence electrons. The van der Waals surface area contributed by atoms with Crippen molar-refractivity contribution in [1.82, 2.24) is 8.75 Å². The van der Waals surface area contributed by atoms with Gasteiger partial charge in [0.15, 0.2) is 11.0 Å². The van der Waals surface area contributed by atoms with Crippen LogP contribution in [0.25, 0.3) is 0 Å². The van der Waals surface area contributed by atoms with Crippen molar-refractivity contribution >= 4 is 29.1 Å². The average Bonchev–Trinajstić information content (AvgIpc) is 2.63. The van der Waals surface area contributed by atoms with Crippen LogP contribution in [0.5, 0.6) is 0 Å². The Morgan fingerprint density at radius 1 is 1.27 bits per heavy atom. The third-order valence-corrected chi connectivity index (χ3v) is 2.71. The van der Waals surface area contributed by atoms with E-state index in [1.807, 2.05) is 0 Å². The summed E-state index contributed by atoms with van der Waals surface area (Å²) in [5.41, 5.74) is 0.959. The highest BCUT2D eigenvalue weighted by Crippen LogP contribution is 2.18. The number of hydrogen-bond acceptors (Lipinski definition) is 4. The van der Waals surface area contributed by atoms with Gasteiger partial charge in [-0.1, -0.05) is 23.7 Å². The molecule has 0 amide bonds. The number of aromatic nitrogens is 2. The van der Waals surface area contributed by atoms with Gasteiger partial charge in [-0.25, -0.2) is 4.39 Å². The number of rotatable bonds is 3. The minimum atomic E-state index is -0.243. The van der Waals surface area contributed by atoms with Crippen LogP contribution in [-0.2, 0) is 6.54 Å². The summed E-state index contributed by atoms with van der Waals surface area (Å²) in [6.45, 7) is 0.547.